The molecule has 1 amide bonds. The average Bonchev–Trinajstić information content (AvgIpc) is 3.40. The van der Waals surface area contributed by atoms with Crippen molar-refractivity contribution in [2.75, 3.05) is 57.4 Å². The number of carbonyl (C=O) groups is 1. The molecule has 2 heterocycles. The van der Waals surface area contributed by atoms with E-state index in [0.29, 0.717) is 13.2 Å². The molecule has 0 unspecified atom stereocenters. The maximum atomic E-state index is 13.4. The van der Waals surface area contributed by atoms with Gasteiger partial charge >= 0.3 is 0 Å². The van der Waals surface area contributed by atoms with Gasteiger partial charge in [-0.3, -0.25) is 9.69 Å². The van der Waals surface area contributed by atoms with Crippen molar-refractivity contribution < 1.29 is 14.3 Å². The number of rotatable bonds is 8. The largest absolute Gasteiger partial charge is 0.486 e. The third-order valence-corrected chi connectivity index (χ3v) is 7.91. The van der Waals surface area contributed by atoms with Gasteiger partial charge in [-0.1, -0.05) is 31.0 Å². The molecule has 0 radical (unpaired) electrons. The van der Waals surface area contributed by atoms with Crippen molar-refractivity contribution in [1.29, 1.82) is 0 Å². The minimum atomic E-state index is -0.429. The number of benzene rings is 2. The van der Waals surface area contributed by atoms with Gasteiger partial charge in [0.05, 0.1) is 5.41 Å². The second-order valence-corrected chi connectivity index (χ2v) is 10.3. The lowest BCUT2D eigenvalue weighted by Gasteiger charge is -2.36. The Bertz CT molecular complexity index is 1010. The van der Waals surface area contributed by atoms with E-state index >= 15 is 0 Å². The summed E-state index contributed by atoms with van der Waals surface area (Å²) < 4.78 is 11.5. The number of ether oxygens (including phenoxy) is 2. The Morgan fingerprint density at radius 1 is 0.943 bits per heavy atom. The predicted octanol–water partition coefficient (Wildman–Crippen LogP) is 4.30. The fraction of sp³-hybridized carbons (Fsp3) is 0.552. The number of piperazine rings is 1. The zero-order valence-corrected chi connectivity index (χ0v) is 21.1. The molecule has 2 fully saturated rings. The van der Waals surface area contributed by atoms with E-state index in [1.165, 1.54) is 11.3 Å². The molecule has 1 aliphatic carbocycles. The molecule has 5 rings (SSSR count). The molecule has 0 atom stereocenters. The number of unbranched alkanes of at least 4 members (excludes halogenated alkanes) is 1. The monoisotopic (exact) mass is 477 g/mol. The van der Waals surface area contributed by atoms with Crippen molar-refractivity contribution in [1.82, 2.24) is 10.2 Å². The number of anilines is 1. The first kappa shape index (κ1) is 24.0. The molecule has 6 nitrogen and oxygen atoms in total. The van der Waals surface area contributed by atoms with Crippen LogP contribution in [0.15, 0.2) is 42.5 Å². The molecule has 0 bridgehead atoms. The molecule has 3 aliphatic rings. The predicted molar refractivity (Wildman–Crippen MR) is 140 cm³/mol. The lowest BCUT2D eigenvalue weighted by molar-refractivity contribution is -0.126. The maximum absolute atomic E-state index is 13.4. The Morgan fingerprint density at radius 3 is 2.49 bits per heavy atom. The highest BCUT2D eigenvalue weighted by molar-refractivity contribution is 5.88. The SMILES string of the molecule is Cc1cccc(N2CCN(CCCCNC(=O)C3(c4ccc5c(c4)OCCO5)CCCC3)CC2)c1. The molecule has 2 aliphatic heterocycles. The number of hydrogen-bond donors (Lipinski definition) is 1. The highest BCUT2D eigenvalue weighted by Gasteiger charge is 2.43. The maximum Gasteiger partial charge on any atom is 0.230 e. The first-order chi connectivity index (χ1) is 17.1. The number of carbonyl (C=O) groups excluding carboxylic acids is 1. The van der Waals surface area contributed by atoms with E-state index in [0.717, 1.165) is 94.9 Å². The van der Waals surface area contributed by atoms with Gasteiger partial charge in [0.1, 0.15) is 13.2 Å². The number of fused-ring (bicyclic) bond motifs is 1. The molecule has 0 spiro atoms. The minimum absolute atomic E-state index is 0.179. The van der Waals surface area contributed by atoms with Gasteiger partial charge < -0.3 is 19.7 Å². The summed E-state index contributed by atoms with van der Waals surface area (Å²) in [5, 5.41) is 3.28. The van der Waals surface area contributed by atoms with Gasteiger partial charge in [-0.2, -0.15) is 0 Å². The van der Waals surface area contributed by atoms with Crippen molar-refractivity contribution in [3.05, 3.63) is 53.6 Å². The molecule has 1 N–H and O–H groups in total. The van der Waals surface area contributed by atoms with Crippen LogP contribution in [0, 0.1) is 6.92 Å². The van der Waals surface area contributed by atoms with Crippen LogP contribution in [0.25, 0.3) is 0 Å². The quantitative estimate of drug-likeness (QED) is 0.575. The van der Waals surface area contributed by atoms with Gasteiger partial charge in [-0.05, 0) is 74.5 Å². The third kappa shape index (κ3) is 5.43. The van der Waals surface area contributed by atoms with E-state index in [4.69, 9.17) is 9.47 Å². The summed E-state index contributed by atoms with van der Waals surface area (Å²) in [5.41, 5.74) is 3.30. The molecule has 35 heavy (non-hydrogen) atoms. The van der Waals surface area contributed by atoms with E-state index in [1.807, 2.05) is 12.1 Å². The third-order valence-electron chi connectivity index (χ3n) is 7.91. The van der Waals surface area contributed by atoms with E-state index in [-0.39, 0.29) is 5.91 Å². The summed E-state index contributed by atoms with van der Waals surface area (Å²) in [5.74, 6) is 1.74. The fourth-order valence-corrected chi connectivity index (χ4v) is 5.85. The van der Waals surface area contributed by atoms with Crippen LogP contribution in [-0.2, 0) is 10.2 Å². The summed E-state index contributed by atoms with van der Waals surface area (Å²) in [6.07, 6.45) is 6.13. The lowest BCUT2D eigenvalue weighted by Crippen LogP contribution is -2.46. The van der Waals surface area contributed by atoms with Gasteiger partial charge in [0.15, 0.2) is 11.5 Å². The lowest BCUT2D eigenvalue weighted by atomic mass is 9.77. The van der Waals surface area contributed by atoms with Crippen molar-refractivity contribution >= 4 is 11.6 Å². The first-order valence-corrected chi connectivity index (χ1v) is 13.4. The summed E-state index contributed by atoms with van der Waals surface area (Å²) in [6.45, 7) is 9.52. The van der Waals surface area contributed by atoms with E-state index < -0.39 is 5.41 Å². The summed E-state index contributed by atoms with van der Waals surface area (Å²) in [4.78, 5) is 18.4. The normalized spacial score (nSPS) is 19.5. The van der Waals surface area contributed by atoms with Crippen molar-refractivity contribution in [2.45, 2.75) is 50.9 Å². The number of amides is 1. The number of aryl methyl sites for hydroxylation is 1. The minimum Gasteiger partial charge on any atom is -0.486 e. The second kappa shape index (κ2) is 10.9. The number of hydrogen-bond acceptors (Lipinski definition) is 5. The van der Waals surface area contributed by atoms with E-state index in [9.17, 15) is 4.79 Å². The van der Waals surface area contributed by atoms with Crippen molar-refractivity contribution in [2.24, 2.45) is 0 Å². The van der Waals surface area contributed by atoms with E-state index in [1.54, 1.807) is 0 Å². The summed E-state index contributed by atoms with van der Waals surface area (Å²) >= 11 is 0. The Morgan fingerprint density at radius 2 is 1.71 bits per heavy atom. The molecule has 2 aromatic rings. The van der Waals surface area contributed by atoms with Gasteiger partial charge in [0.2, 0.25) is 5.91 Å². The second-order valence-electron chi connectivity index (χ2n) is 10.3. The smallest absolute Gasteiger partial charge is 0.230 e. The molecular weight excluding hydrogens is 438 g/mol. The van der Waals surface area contributed by atoms with Crippen LogP contribution in [0.4, 0.5) is 5.69 Å². The average molecular weight is 478 g/mol. The zero-order valence-electron chi connectivity index (χ0n) is 21.1. The molecule has 0 aromatic heterocycles. The Labute approximate surface area is 209 Å². The van der Waals surface area contributed by atoms with Crippen LogP contribution in [0.2, 0.25) is 0 Å². The van der Waals surface area contributed by atoms with Crippen LogP contribution in [0.3, 0.4) is 0 Å². The summed E-state index contributed by atoms with van der Waals surface area (Å²) in [6, 6.07) is 14.9. The molecule has 188 valence electrons. The van der Waals surface area contributed by atoms with Crippen LogP contribution in [-0.4, -0.2) is 63.3 Å². The Hall–Kier alpha value is -2.73. The highest BCUT2D eigenvalue weighted by atomic mass is 16.6. The van der Waals surface area contributed by atoms with Crippen molar-refractivity contribution in [3.63, 3.8) is 0 Å². The van der Waals surface area contributed by atoms with Gasteiger partial charge in [-0.25, -0.2) is 0 Å². The van der Waals surface area contributed by atoms with Crippen LogP contribution in [0.5, 0.6) is 11.5 Å². The van der Waals surface area contributed by atoms with Gasteiger partial charge in [0, 0.05) is 38.4 Å². The van der Waals surface area contributed by atoms with Gasteiger partial charge in [-0.15, -0.1) is 0 Å². The van der Waals surface area contributed by atoms with Crippen LogP contribution in [0.1, 0.15) is 49.7 Å². The van der Waals surface area contributed by atoms with Crippen LogP contribution >= 0.6 is 0 Å². The molecular formula is C29H39N3O3. The van der Waals surface area contributed by atoms with E-state index in [2.05, 4.69) is 52.4 Å². The zero-order chi connectivity index (χ0) is 24.1. The standard InChI is InChI=1S/C29H39N3O3/c1-23-7-6-8-25(21-23)32-17-15-31(16-18-32)14-5-4-13-30-28(33)29(11-2-3-12-29)24-9-10-26-27(22-24)35-20-19-34-26/h6-10,21-22H,2-5,11-20H2,1H3,(H,30,33). The highest BCUT2D eigenvalue weighted by Crippen LogP contribution is 2.44. The molecule has 2 aromatic carbocycles. The summed E-state index contributed by atoms with van der Waals surface area (Å²) in [7, 11) is 0. The topological polar surface area (TPSA) is 54.0 Å². The fourth-order valence-electron chi connectivity index (χ4n) is 5.85. The Kier molecular flexibility index (Phi) is 7.47. The molecule has 6 heteroatoms. The van der Waals surface area contributed by atoms with Crippen molar-refractivity contribution in [3.8, 4) is 11.5 Å². The number of nitrogens with one attached hydrogen (secondary N) is 1. The molecule has 1 saturated heterocycles. The Balaban J connectivity index is 1.07. The van der Waals surface area contributed by atoms with Crippen LogP contribution < -0.4 is 19.7 Å². The first-order valence-electron chi connectivity index (χ1n) is 13.4. The van der Waals surface area contributed by atoms with Gasteiger partial charge in [0.25, 0.3) is 0 Å². The molecule has 1 saturated carbocycles. The number of nitrogens with zero attached hydrogens (tertiary/aromatic N) is 2.